The van der Waals surface area contributed by atoms with Crippen molar-refractivity contribution in [2.45, 2.75) is 38.1 Å². The lowest BCUT2D eigenvalue weighted by atomic mass is 10.2. The minimum absolute atomic E-state index is 0.225. The lowest BCUT2D eigenvalue weighted by Gasteiger charge is -2.11. The van der Waals surface area contributed by atoms with Crippen molar-refractivity contribution in [1.82, 2.24) is 14.9 Å². The van der Waals surface area contributed by atoms with Crippen LogP contribution in [0.1, 0.15) is 25.6 Å². The van der Waals surface area contributed by atoms with Gasteiger partial charge in [0.25, 0.3) is 0 Å². The van der Waals surface area contributed by atoms with Gasteiger partial charge in [-0.15, -0.1) is 0 Å². The Kier molecular flexibility index (Phi) is 3.99. The van der Waals surface area contributed by atoms with Gasteiger partial charge in [-0.25, -0.2) is 13.4 Å². The number of rotatable bonds is 5. The van der Waals surface area contributed by atoms with E-state index in [0.29, 0.717) is 18.8 Å². The number of sulfone groups is 1. The molecule has 0 saturated carbocycles. The highest BCUT2D eigenvalue weighted by Gasteiger charge is 2.30. The Balaban J connectivity index is 1.71. The van der Waals surface area contributed by atoms with Crippen LogP contribution in [0.3, 0.4) is 0 Å². The molecule has 0 radical (unpaired) electrons. The molecule has 21 heavy (non-hydrogen) atoms. The number of hydrogen-bond acceptors (Lipinski definition) is 4. The Bertz CT molecular complexity index is 736. The first-order valence-corrected chi connectivity index (χ1v) is 9.20. The molecule has 0 aliphatic carbocycles. The Morgan fingerprint density at radius 1 is 1.38 bits per heavy atom. The van der Waals surface area contributed by atoms with Crippen LogP contribution < -0.4 is 5.32 Å². The summed E-state index contributed by atoms with van der Waals surface area (Å²) in [6, 6.07) is 8.07. The summed E-state index contributed by atoms with van der Waals surface area (Å²) >= 11 is 0. The molecular weight excluding hydrogens is 286 g/mol. The second-order valence-electron chi connectivity index (χ2n) is 5.52. The number of nitrogens with zero attached hydrogens (tertiary/aromatic N) is 2. The van der Waals surface area contributed by atoms with E-state index in [4.69, 9.17) is 0 Å². The van der Waals surface area contributed by atoms with Crippen LogP contribution >= 0.6 is 0 Å². The number of imidazole rings is 1. The van der Waals surface area contributed by atoms with Gasteiger partial charge in [0.15, 0.2) is 9.84 Å². The van der Waals surface area contributed by atoms with Crippen LogP contribution in [0, 0.1) is 0 Å². The van der Waals surface area contributed by atoms with Crippen molar-refractivity contribution >= 4 is 20.9 Å². The van der Waals surface area contributed by atoms with E-state index in [1.54, 1.807) is 0 Å². The van der Waals surface area contributed by atoms with Gasteiger partial charge in [0.2, 0.25) is 0 Å². The highest BCUT2D eigenvalue weighted by atomic mass is 32.2. The number of fused-ring (bicyclic) bond motifs is 1. The molecule has 6 heteroatoms. The molecule has 1 saturated heterocycles. The van der Waals surface area contributed by atoms with Gasteiger partial charge in [0, 0.05) is 13.1 Å². The number of hydrogen-bond donors (Lipinski definition) is 1. The molecule has 1 aromatic carbocycles. The maximum absolute atomic E-state index is 11.8. The summed E-state index contributed by atoms with van der Waals surface area (Å²) in [6.07, 6.45) is 1.57. The normalized spacial score (nSPS) is 21.1. The van der Waals surface area contributed by atoms with Crippen molar-refractivity contribution in [1.29, 1.82) is 0 Å². The predicted octanol–water partition coefficient (Wildman–Crippen LogP) is 1.72. The molecule has 0 bridgehead atoms. The summed E-state index contributed by atoms with van der Waals surface area (Å²) in [5.74, 6) is 1.31. The van der Waals surface area contributed by atoms with E-state index in [0.717, 1.165) is 36.2 Å². The van der Waals surface area contributed by atoms with Gasteiger partial charge in [-0.2, -0.15) is 0 Å². The van der Waals surface area contributed by atoms with Crippen molar-refractivity contribution < 1.29 is 8.42 Å². The van der Waals surface area contributed by atoms with E-state index in [2.05, 4.69) is 27.9 Å². The quantitative estimate of drug-likeness (QED) is 0.913. The van der Waals surface area contributed by atoms with E-state index in [1.807, 2.05) is 18.2 Å². The minimum Gasteiger partial charge on any atom is -0.327 e. The van der Waals surface area contributed by atoms with Gasteiger partial charge in [-0.1, -0.05) is 12.1 Å². The lowest BCUT2D eigenvalue weighted by molar-refractivity contribution is 0.564. The van der Waals surface area contributed by atoms with Crippen molar-refractivity contribution in [2.24, 2.45) is 0 Å². The van der Waals surface area contributed by atoms with Crippen LogP contribution in [-0.2, 0) is 22.9 Å². The summed E-state index contributed by atoms with van der Waals surface area (Å²) in [7, 11) is -2.87. The molecule has 1 aromatic heterocycles. The zero-order valence-corrected chi connectivity index (χ0v) is 13.1. The number of aryl methyl sites for hydroxylation is 1. The van der Waals surface area contributed by atoms with E-state index < -0.39 is 9.84 Å². The Hall–Kier alpha value is -1.40. The monoisotopic (exact) mass is 307 g/mol. The molecule has 1 N–H and O–H groups in total. The molecule has 1 atom stereocenters. The Morgan fingerprint density at radius 3 is 2.90 bits per heavy atom. The predicted molar refractivity (Wildman–Crippen MR) is 83.9 cm³/mol. The molecule has 2 aromatic rings. The van der Waals surface area contributed by atoms with E-state index in [9.17, 15) is 8.42 Å². The third-order valence-electron chi connectivity index (χ3n) is 4.17. The first kappa shape index (κ1) is 14.5. The van der Waals surface area contributed by atoms with E-state index >= 15 is 0 Å². The maximum Gasteiger partial charge on any atom is 0.154 e. The molecule has 5 nitrogen and oxygen atoms in total. The summed E-state index contributed by atoms with van der Waals surface area (Å²) in [4.78, 5) is 4.64. The van der Waals surface area contributed by atoms with Gasteiger partial charge in [-0.3, -0.25) is 0 Å². The van der Waals surface area contributed by atoms with E-state index in [1.165, 1.54) is 0 Å². The average Bonchev–Trinajstić information content (AvgIpc) is 2.98. The van der Waals surface area contributed by atoms with Crippen LogP contribution in [0.4, 0.5) is 0 Å². The summed E-state index contributed by atoms with van der Waals surface area (Å²) in [6.45, 7) is 4.09. The molecule has 3 rings (SSSR count). The molecule has 1 aliphatic rings. The molecule has 0 spiro atoms. The number of aromatic nitrogens is 2. The van der Waals surface area contributed by atoms with Crippen LogP contribution in [0.25, 0.3) is 11.0 Å². The van der Waals surface area contributed by atoms with Crippen molar-refractivity contribution in [3.63, 3.8) is 0 Å². The molecule has 0 amide bonds. The van der Waals surface area contributed by atoms with Crippen LogP contribution in [-0.4, -0.2) is 35.5 Å². The molecule has 1 unspecified atom stereocenters. The van der Waals surface area contributed by atoms with Gasteiger partial charge >= 0.3 is 0 Å². The Morgan fingerprint density at radius 2 is 2.19 bits per heavy atom. The third kappa shape index (κ3) is 2.82. The van der Waals surface area contributed by atoms with Gasteiger partial charge < -0.3 is 9.88 Å². The Labute approximate surface area is 125 Å². The highest BCUT2D eigenvalue weighted by Crippen LogP contribution is 2.19. The fourth-order valence-electron chi connectivity index (χ4n) is 3.05. The van der Waals surface area contributed by atoms with Crippen LogP contribution in [0.15, 0.2) is 24.3 Å². The zero-order chi connectivity index (χ0) is 14.9. The first-order chi connectivity index (χ1) is 10.1. The molecule has 114 valence electrons. The fourth-order valence-corrected chi connectivity index (χ4v) is 4.85. The lowest BCUT2D eigenvalue weighted by Crippen LogP contribution is -2.30. The van der Waals surface area contributed by atoms with Crippen molar-refractivity contribution in [3.8, 4) is 0 Å². The molecule has 2 heterocycles. The summed E-state index contributed by atoms with van der Waals surface area (Å²) < 4.78 is 25.8. The number of benzene rings is 1. The second kappa shape index (κ2) is 5.77. The molecule has 1 aliphatic heterocycles. The summed E-state index contributed by atoms with van der Waals surface area (Å²) in [5, 5.41) is 3.05. The van der Waals surface area contributed by atoms with Gasteiger partial charge in [0.05, 0.1) is 28.6 Å². The van der Waals surface area contributed by atoms with Gasteiger partial charge in [-0.05, 0) is 31.9 Å². The summed E-state index contributed by atoms with van der Waals surface area (Å²) in [5.41, 5.74) is 2.12. The highest BCUT2D eigenvalue weighted by molar-refractivity contribution is 7.92. The zero-order valence-electron chi connectivity index (χ0n) is 12.2. The van der Waals surface area contributed by atoms with E-state index in [-0.39, 0.29) is 5.25 Å². The largest absolute Gasteiger partial charge is 0.327 e. The topological polar surface area (TPSA) is 64.0 Å². The SMILES string of the molecule is CCn1c(CNCC2CCCS2(=O)=O)nc2ccccc21. The smallest absolute Gasteiger partial charge is 0.154 e. The van der Waals surface area contributed by atoms with Gasteiger partial charge in [0.1, 0.15) is 5.82 Å². The minimum atomic E-state index is -2.87. The molecular formula is C15H21N3O2S. The maximum atomic E-state index is 11.8. The second-order valence-corrected chi connectivity index (χ2v) is 7.92. The number of nitrogens with one attached hydrogen (secondary N) is 1. The fraction of sp³-hybridized carbons (Fsp3) is 0.533. The van der Waals surface area contributed by atoms with Crippen LogP contribution in [0.5, 0.6) is 0 Å². The molecule has 1 fully saturated rings. The first-order valence-electron chi connectivity index (χ1n) is 7.48. The standard InChI is InChI=1S/C15H21N3O2S/c1-2-18-14-8-4-3-7-13(14)17-15(18)11-16-10-12-6-5-9-21(12,19)20/h3-4,7-8,12,16H,2,5-6,9-11H2,1H3. The average molecular weight is 307 g/mol. The van der Waals surface area contributed by atoms with Crippen molar-refractivity contribution in [2.75, 3.05) is 12.3 Å². The number of para-hydroxylation sites is 2. The van der Waals surface area contributed by atoms with Crippen molar-refractivity contribution in [3.05, 3.63) is 30.1 Å². The third-order valence-corrected chi connectivity index (χ3v) is 6.44. The van der Waals surface area contributed by atoms with Crippen LogP contribution in [0.2, 0.25) is 0 Å².